The van der Waals surface area contributed by atoms with E-state index in [2.05, 4.69) is 17.2 Å². The van der Waals surface area contributed by atoms with E-state index in [1.807, 2.05) is 43.3 Å². The number of carbonyl (C=O) groups excluding carboxylic acids is 2. The fourth-order valence-electron chi connectivity index (χ4n) is 4.43. The van der Waals surface area contributed by atoms with Crippen LogP contribution in [0.15, 0.2) is 47.6 Å². The van der Waals surface area contributed by atoms with Crippen molar-refractivity contribution in [3.8, 4) is 0 Å². The zero-order valence-corrected chi connectivity index (χ0v) is 19.9. The van der Waals surface area contributed by atoms with Crippen molar-refractivity contribution in [3.05, 3.63) is 59.4 Å². The summed E-state index contributed by atoms with van der Waals surface area (Å²) in [5.41, 5.74) is 3.96. The van der Waals surface area contributed by atoms with Crippen LogP contribution in [0.1, 0.15) is 68.7 Å². The summed E-state index contributed by atoms with van der Waals surface area (Å²) in [5, 5.41) is 3.00. The predicted octanol–water partition coefficient (Wildman–Crippen LogP) is 4.64. The molecule has 174 valence electrons. The van der Waals surface area contributed by atoms with Gasteiger partial charge in [0.25, 0.3) is 5.91 Å². The second-order valence-electron chi connectivity index (χ2n) is 9.40. The maximum Gasteiger partial charge on any atom is 0.272 e. The number of carbonyl (C=O) groups is 2. The number of aliphatic imine (C=N–C) groups is 1. The summed E-state index contributed by atoms with van der Waals surface area (Å²) in [5.74, 6) is 0.284. The minimum absolute atomic E-state index is 0.0596. The van der Waals surface area contributed by atoms with Gasteiger partial charge in [-0.3, -0.25) is 14.6 Å². The molecular weight excluding hydrogens is 412 g/mol. The number of hydrogen-bond donors (Lipinski definition) is 1. The molecule has 6 heteroatoms. The first kappa shape index (κ1) is 23.1. The number of hydrogen-bond acceptors (Lipinski definition) is 4. The molecule has 1 N–H and O–H groups in total. The van der Waals surface area contributed by atoms with Gasteiger partial charge < -0.3 is 10.2 Å². The summed E-state index contributed by atoms with van der Waals surface area (Å²) in [6.45, 7) is 4.15. The highest BCUT2D eigenvalue weighted by molar-refractivity contribution is 6.19. The van der Waals surface area contributed by atoms with Crippen molar-refractivity contribution in [1.29, 1.82) is 0 Å². The van der Waals surface area contributed by atoms with Gasteiger partial charge in [-0.1, -0.05) is 63.3 Å². The molecule has 2 heterocycles. The molecule has 2 atom stereocenters. The molecule has 6 nitrogen and oxygen atoms in total. The molecule has 33 heavy (non-hydrogen) atoms. The van der Waals surface area contributed by atoms with E-state index in [0.29, 0.717) is 17.3 Å². The van der Waals surface area contributed by atoms with E-state index < -0.39 is 6.17 Å². The highest BCUT2D eigenvalue weighted by atomic mass is 16.2. The van der Waals surface area contributed by atoms with E-state index in [1.54, 1.807) is 18.1 Å². The Kier molecular flexibility index (Phi) is 7.21. The van der Waals surface area contributed by atoms with E-state index in [9.17, 15) is 9.59 Å². The van der Waals surface area contributed by atoms with Crippen LogP contribution >= 0.6 is 0 Å². The Bertz CT molecular complexity index is 1030. The van der Waals surface area contributed by atoms with E-state index in [-0.39, 0.29) is 17.7 Å². The number of aromatic nitrogens is 1. The summed E-state index contributed by atoms with van der Waals surface area (Å²) in [6.07, 6.45) is 8.29. The van der Waals surface area contributed by atoms with Gasteiger partial charge in [-0.05, 0) is 43.4 Å². The maximum absolute atomic E-state index is 13.4. The molecule has 0 spiro atoms. The monoisotopic (exact) mass is 446 g/mol. The zero-order valence-electron chi connectivity index (χ0n) is 19.9. The van der Waals surface area contributed by atoms with Crippen LogP contribution in [0.3, 0.4) is 0 Å². The van der Waals surface area contributed by atoms with Gasteiger partial charge in [-0.2, -0.15) is 0 Å². The fraction of sp³-hybridized carbons (Fsp3) is 0.481. The standard InChI is InChI=1S/C27H34N4O2/c1-4-5-6-9-20(16-19-13-14-19)26(32)30-25-27(33)31(3)23-11-8-7-10-21(23)24(29-25)22-15-12-18(2)17-28-22/h7-8,10-12,15,17,19-20,25H,4-6,9,13-14,16H2,1-3H3,(H,30,32)/t20-,25?/m0/s1. The van der Waals surface area contributed by atoms with Crippen LogP contribution in [0.4, 0.5) is 5.69 Å². The summed E-state index contributed by atoms with van der Waals surface area (Å²) < 4.78 is 0. The van der Waals surface area contributed by atoms with Crippen LogP contribution in [0.5, 0.6) is 0 Å². The van der Waals surface area contributed by atoms with Gasteiger partial charge in [-0.25, -0.2) is 4.99 Å². The SMILES string of the molecule is CCCCC[C@@H](CC1CC1)C(=O)NC1N=C(c2ccc(C)cn2)c2ccccc2N(C)C1=O. The van der Waals surface area contributed by atoms with Gasteiger partial charge in [0.2, 0.25) is 12.1 Å². The lowest BCUT2D eigenvalue weighted by Gasteiger charge is -2.23. The van der Waals surface area contributed by atoms with E-state index in [0.717, 1.165) is 48.9 Å². The second-order valence-corrected chi connectivity index (χ2v) is 9.40. The van der Waals surface area contributed by atoms with Crippen molar-refractivity contribution in [2.24, 2.45) is 16.8 Å². The average molecular weight is 447 g/mol. The van der Waals surface area contributed by atoms with Crippen molar-refractivity contribution in [2.45, 2.75) is 65.0 Å². The normalized spacial score (nSPS) is 18.9. The molecule has 1 aliphatic carbocycles. The number of unbranched alkanes of at least 4 members (excludes halogenated alkanes) is 2. The number of pyridine rings is 1. The van der Waals surface area contributed by atoms with Crippen molar-refractivity contribution < 1.29 is 9.59 Å². The average Bonchev–Trinajstić information content (AvgIpc) is 3.65. The smallest absolute Gasteiger partial charge is 0.272 e. The molecule has 4 rings (SSSR count). The van der Waals surface area contributed by atoms with E-state index in [4.69, 9.17) is 4.99 Å². The topological polar surface area (TPSA) is 74.7 Å². The third-order valence-electron chi connectivity index (χ3n) is 6.62. The number of nitrogens with one attached hydrogen (secondary N) is 1. The molecule has 1 aliphatic heterocycles. The lowest BCUT2D eigenvalue weighted by Crippen LogP contribution is -2.48. The van der Waals surface area contributed by atoms with Gasteiger partial charge >= 0.3 is 0 Å². The predicted molar refractivity (Wildman–Crippen MR) is 131 cm³/mol. The first-order chi connectivity index (χ1) is 16.0. The van der Waals surface area contributed by atoms with Crippen molar-refractivity contribution in [1.82, 2.24) is 10.3 Å². The number of amides is 2. The third kappa shape index (κ3) is 5.49. The van der Waals surface area contributed by atoms with Crippen molar-refractivity contribution >= 4 is 23.2 Å². The molecule has 0 bridgehead atoms. The Balaban J connectivity index is 1.64. The molecule has 1 fully saturated rings. The Labute approximate surface area is 196 Å². The minimum atomic E-state index is -0.971. The van der Waals surface area contributed by atoms with Gasteiger partial charge in [0, 0.05) is 24.7 Å². The molecule has 1 aromatic carbocycles. The van der Waals surface area contributed by atoms with Crippen molar-refractivity contribution in [3.63, 3.8) is 0 Å². The number of anilines is 1. The minimum Gasteiger partial charge on any atom is -0.326 e. The molecule has 0 radical (unpaired) electrons. The lowest BCUT2D eigenvalue weighted by molar-refractivity contribution is -0.130. The van der Waals surface area contributed by atoms with Crippen LogP contribution in [-0.4, -0.2) is 35.7 Å². The van der Waals surface area contributed by atoms with Gasteiger partial charge in [0.05, 0.1) is 17.1 Å². The lowest BCUT2D eigenvalue weighted by atomic mass is 9.94. The van der Waals surface area contributed by atoms with Crippen LogP contribution in [0.25, 0.3) is 0 Å². The molecule has 2 aromatic rings. The van der Waals surface area contributed by atoms with Crippen LogP contribution in [0.2, 0.25) is 0 Å². The number of likely N-dealkylation sites (N-methyl/N-ethyl adjacent to an activating group) is 1. The Hall–Kier alpha value is -3.02. The maximum atomic E-state index is 13.4. The molecule has 1 aromatic heterocycles. The van der Waals surface area contributed by atoms with Gasteiger partial charge in [-0.15, -0.1) is 0 Å². The molecule has 2 aliphatic rings. The molecule has 0 saturated heterocycles. The number of aryl methyl sites for hydroxylation is 1. The summed E-state index contributed by atoms with van der Waals surface area (Å²) in [4.78, 5) is 37.7. The zero-order chi connectivity index (χ0) is 23.4. The fourth-order valence-corrected chi connectivity index (χ4v) is 4.43. The number of nitrogens with zero attached hydrogens (tertiary/aromatic N) is 3. The first-order valence-electron chi connectivity index (χ1n) is 12.2. The van der Waals surface area contributed by atoms with Crippen LogP contribution in [0, 0.1) is 18.8 Å². The number of rotatable bonds is 9. The quantitative estimate of drug-likeness (QED) is 0.570. The largest absolute Gasteiger partial charge is 0.326 e. The highest BCUT2D eigenvalue weighted by Crippen LogP contribution is 2.37. The van der Waals surface area contributed by atoms with Crippen LogP contribution in [-0.2, 0) is 9.59 Å². The Morgan fingerprint density at radius 1 is 1.18 bits per heavy atom. The number of para-hydroxylation sites is 1. The highest BCUT2D eigenvalue weighted by Gasteiger charge is 2.34. The van der Waals surface area contributed by atoms with Gasteiger partial charge in [0.15, 0.2) is 0 Å². The number of benzodiazepines with no additional fused rings is 1. The number of fused-ring (bicyclic) bond motifs is 1. The molecule has 1 saturated carbocycles. The summed E-state index contributed by atoms with van der Waals surface area (Å²) >= 11 is 0. The molecule has 1 unspecified atom stereocenters. The van der Waals surface area contributed by atoms with E-state index >= 15 is 0 Å². The van der Waals surface area contributed by atoms with E-state index in [1.165, 1.54) is 12.8 Å². The van der Waals surface area contributed by atoms with Crippen molar-refractivity contribution in [2.75, 3.05) is 11.9 Å². The summed E-state index contributed by atoms with van der Waals surface area (Å²) in [7, 11) is 1.74. The third-order valence-corrected chi connectivity index (χ3v) is 6.62. The molecule has 2 amide bonds. The second kappa shape index (κ2) is 10.3. The number of benzene rings is 1. The molecular formula is C27H34N4O2. The first-order valence-corrected chi connectivity index (χ1v) is 12.2. The summed E-state index contributed by atoms with van der Waals surface area (Å²) in [6, 6.07) is 11.6. The Morgan fingerprint density at radius 3 is 2.67 bits per heavy atom. The Morgan fingerprint density at radius 2 is 1.97 bits per heavy atom. The van der Waals surface area contributed by atoms with Crippen LogP contribution < -0.4 is 10.2 Å². The van der Waals surface area contributed by atoms with Gasteiger partial charge in [0.1, 0.15) is 0 Å².